The number of carbonyl (C=O) groups is 1. The molecular formula is C8H17N3OS. The van der Waals surface area contributed by atoms with Gasteiger partial charge in [-0.1, -0.05) is 0 Å². The lowest BCUT2D eigenvalue weighted by Crippen LogP contribution is -2.47. The van der Waals surface area contributed by atoms with E-state index in [2.05, 4.69) is 16.0 Å². The highest BCUT2D eigenvalue weighted by molar-refractivity contribution is 7.80. The van der Waals surface area contributed by atoms with Crippen LogP contribution in [0.5, 0.6) is 0 Å². The molecule has 0 aromatic rings. The fourth-order valence-electron chi connectivity index (χ4n) is 0.711. The molecule has 0 rings (SSSR count). The number of hydrogen-bond acceptors (Lipinski definition) is 2. The molecule has 0 spiro atoms. The second kappa shape index (κ2) is 5.01. The lowest BCUT2D eigenvalue weighted by atomic mass is 10.1. The van der Waals surface area contributed by atoms with Crippen molar-refractivity contribution >= 4 is 23.2 Å². The zero-order valence-electron chi connectivity index (χ0n) is 8.52. The molecule has 0 aromatic heterocycles. The Bertz CT molecular complexity index is 198. The zero-order chi connectivity index (χ0) is 10.5. The third-order valence-corrected chi connectivity index (χ3v) is 1.50. The summed E-state index contributed by atoms with van der Waals surface area (Å²) in [6, 6.07) is 0. The summed E-state index contributed by atoms with van der Waals surface area (Å²) >= 11 is 4.81. The van der Waals surface area contributed by atoms with Crippen LogP contribution in [0.1, 0.15) is 20.8 Å². The zero-order valence-corrected chi connectivity index (χ0v) is 9.34. The highest BCUT2D eigenvalue weighted by Crippen LogP contribution is 1.96. The smallest absolute Gasteiger partial charge is 0.239 e. The monoisotopic (exact) mass is 203 g/mol. The molecule has 0 atom stereocenters. The maximum Gasteiger partial charge on any atom is 0.239 e. The Morgan fingerprint density at radius 1 is 1.38 bits per heavy atom. The molecule has 0 aromatic carbocycles. The van der Waals surface area contributed by atoms with Crippen LogP contribution in [0.4, 0.5) is 0 Å². The van der Waals surface area contributed by atoms with Crippen molar-refractivity contribution in [1.29, 1.82) is 0 Å². The molecule has 4 nitrogen and oxygen atoms in total. The van der Waals surface area contributed by atoms with Gasteiger partial charge in [0.15, 0.2) is 5.11 Å². The van der Waals surface area contributed by atoms with Crippen LogP contribution in [-0.2, 0) is 4.79 Å². The minimum Gasteiger partial charge on any atom is -0.366 e. The molecule has 0 unspecified atom stereocenters. The summed E-state index contributed by atoms with van der Waals surface area (Å²) in [4.78, 5) is 11.2. The van der Waals surface area contributed by atoms with Crippen molar-refractivity contribution < 1.29 is 4.79 Å². The highest BCUT2D eigenvalue weighted by atomic mass is 32.1. The number of amides is 1. The predicted molar refractivity (Wildman–Crippen MR) is 57.6 cm³/mol. The summed E-state index contributed by atoms with van der Waals surface area (Å²) in [6.45, 7) is 6.00. The number of rotatable bonds is 2. The van der Waals surface area contributed by atoms with Gasteiger partial charge in [-0.25, -0.2) is 0 Å². The van der Waals surface area contributed by atoms with Crippen LogP contribution in [0, 0.1) is 0 Å². The number of nitrogens with one attached hydrogen (secondary N) is 3. The van der Waals surface area contributed by atoms with E-state index in [0.29, 0.717) is 5.11 Å². The van der Waals surface area contributed by atoms with Gasteiger partial charge in [0.05, 0.1) is 6.54 Å². The van der Waals surface area contributed by atoms with E-state index >= 15 is 0 Å². The summed E-state index contributed by atoms with van der Waals surface area (Å²) in [6.07, 6.45) is 0. The SMILES string of the molecule is CNC(=S)NCC(=O)NC(C)(C)C. The van der Waals surface area contributed by atoms with Crippen molar-refractivity contribution in [2.75, 3.05) is 13.6 Å². The van der Waals surface area contributed by atoms with Crippen molar-refractivity contribution in [3.05, 3.63) is 0 Å². The van der Waals surface area contributed by atoms with Crippen LogP contribution in [0.2, 0.25) is 0 Å². The van der Waals surface area contributed by atoms with E-state index in [4.69, 9.17) is 12.2 Å². The fraction of sp³-hybridized carbons (Fsp3) is 0.750. The Hall–Kier alpha value is -0.840. The van der Waals surface area contributed by atoms with Gasteiger partial charge < -0.3 is 16.0 Å². The lowest BCUT2D eigenvalue weighted by Gasteiger charge is -2.20. The number of thiocarbonyl (C=S) groups is 1. The second-order valence-electron chi connectivity index (χ2n) is 3.73. The molecular weight excluding hydrogens is 186 g/mol. The van der Waals surface area contributed by atoms with E-state index < -0.39 is 0 Å². The summed E-state index contributed by atoms with van der Waals surface area (Å²) < 4.78 is 0. The molecule has 0 aliphatic carbocycles. The molecule has 0 bridgehead atoms. The van der Waals surface area contributed by atoms with Gasteiger partial charge >= 0.3 is 0 Å². The Balaban J connectivity index is 3.71. The van der Waals surface area contributed by atoms with Gasteiger partial charge in [0, 0.05) is 12.6 Å². The predicted octanol–water partition coefficient (Wildman–Crippen LogP) is -0.00500. The van der Waals surface area contributed by atoms with Crippen LogP contribution >= 0.6 is 12.2 Å². The maximum atomic E-state index is 11.2. The van der Waals surface area contributed by atoms with Crippen molar-refractivity contribution in [3.63, 3.8) is 0 Å². The molecule has 0 radical (unpaired) electrons. The van der Waals surface area contributed by atoms with Crippen LogP contribution in [0.15, 0.2) is 0 Å². The first-order valence-electron chi connectivity index (χ1n) is 4.12. The van der Waals surface area contributed by atoms with Crippen LogP contribution in [0.3, 0.4) is 0 Å². The van der Waals surface area contributed by atoms with Gasteiger partial charge in [-0.2, -0.15) is 0 Å². The molecule has 3 N–H and O–H groups in total. The minimum absolute atomic E-state index is 0.0647. The first-order chi connectivity index (χ1) is 5.85. The Morgan fingerprint density at radius 3 is 2.31 bits per heavy atom. The van der Waals surface area contributed by atoms with Gasteiger partial charge in [0.2, 0.25) is 5.91 Å². The van der Waals surface area contributed by atoms with Crippen LogP contribution in [0.25, 0.3) is 0 Å². The van der Waals surface area contributed by atoms with Gasteiger partial charge in [0.1, 0.15) is 0 Å². The summed E-state index contributed by atoms with van der Waals surface area (Å²) in [5.74, 6) is -0.0647. The Kier molecular flexibility index (Phi) is 4.69. The van der Waals surface area contributed by atoms with E-state index in [1.54, 1.807) is 7.05 Å². The van der Waals surface area contributed by atoms with Gasteiger partial charge in [-0.05, 0) is 33.0 Å². The third kappa shape index (κ3) is 7.52. The lowest BCUT2D eigenvalue weighted by molar-refractivity contribution is -0.121. The quantitative estimate of drug-likeness (QED) is 0.553. The van der Waals surface area contributed by atoms with E-state index in [1.807, 2.05) is 20.8 Å². The number of carbonyl (C=O) groups excluding carboxylic acids is 1. The first-order valence-corrected chi connectivity index (χ1v) is 4.52. The average Bonchev–Trinajstić information content (AvgIpc) is 1.97. The molecule has 1 amide bonds. The highest BCUT2D eigenvalue weighted by Gasteiger charge is 2.12. The third-order valence-electron chi connectivity index (χ3n) is 1.15. The normalized spacial score (nSPS) is 10.5. The molecule has 76 valence electrons. The second-order valence-corrected chi connectivity index (χ2v) is 4.14. The van der Waals surface area contributed by atoms with E-state index in [-0.39, 0.29) is 18.0 Å². The average molecular weight is 203 g/mol. The number of hydrogen-bond donors (Lipinski definition) is 3. The molecule has 0 fully saturated rings. The van der Waals surface area contributed by atoms with E-state index in [1.165, 1.54) is 0 Å². The Labute approximate surface area is 84.5 Å². The van der Waals surface area contributed by atoms with E-state index in [0.717, 1.165) is 0 Å². The Morgan fingerprint density at radius 2 is 1.92 bits per heavy atom. The molecule has 0 saturated carbocycles. The standard InChI is InChI=1S/C8H17N3OS/c1-8(2,3)11-6(12)5-10-7(13)9-4/h5H2,1-4H3,(H,11,12)(H2,9,10,13). The van der Waals surface area contributed by atoms with Crippen molar-refractivity contribution in [1.82, 2.24) is 16.0 Å². The van der Waals surface area contributed by atoms with Crippen LogP contribution in [-0.4, -0.2) is 30.2 Å². The van der Waals surface area contributed by atoms with Crippen molar-refractivity contribution in [2.24, 2.45) is 0 Å². The van der Waals surface area contributed by atoms with Crippen molar-refractivity contribution in [2.45, 2.75) is 26.3 Å². The summed E-state index contributed by atoms with van der Waals surface area (Å²) in [5, 5.41) is 8.77. The summed E-state index contributed by atoms with van der Waals surface area (Å²) in [5.41, 5.74) is -0.194. The van der Waals surface area contributed by atoms with Crippen LogP contribution < -0.4 is 16.0 Å². The molecule has 0 saturated heterocycles. The minimum atomic E-state index is -0.194. The topological polar surface area (TPSA) is 53.2 Å². The maximum absolute atomic E-state index is 11.2. The van der Waals surface area contributed by atoms with Gasteiger partial charge in [-0.15, -0.1) is 0 Å². The van der Waals surface area contributed by atoms with Crippen molar-refractivity contribution in [3.8, 4) is 0 Å². The van der Waals surface area contributed by atoms with Gasteiger partial charge in [-0.3, -0.25) is 4.79 Å². The molecule has 0 aliphatic rings. The first kappa shape index (κ1) is 12.2. The fourth-order valence-corrected chi connectivity index (χ4v) is 0.784. The molecule has 13 heavy (non-hydrogen) atoms. The van der Waals surface area contributed by atoms with Gasteiger partial charge in [0.25, 0.3) is 0 Å². The van der Waals surface area contributed by atoms with E-state index in [9.17, 15) is 4.79 Å². The summed E-state index contributed by atoms with van der Waals surface area (Å²) in [7, 11) is 1.71. The molecule has 5 heteroatoms. The largest absolute Gasteiger partial charge is 0.366 e. The molecule has 0 aliphatic heterocycles. The molecule has 0 heterocycles.